The third-order valence-electron chi connectivity index (χ3n) is 4.01. The number of aliphatic imine (C=N–C) groups is 1. The van der Waals surface area contributed by atoms with Crippen LogP contribution >= 0.6 is 0 Å². The lowest BCUT2D eigenvalue weighted by molar-refractivity contribution is -0.140. The van der Waals surface area contributed by atoms with Gasteiger partial charge in [0.05, 0.1) is 18.5 Å². The molecule has 0 saturated carbocycles. The molecule has 1 heterocycles. The van der Waals surface area contributed by atoms with Crippen LogP contribution in [0.2, 0.25) is 0 Å². The average Bonchev–Trinajstić information content (AvgIpc) is 2.76. The minimum atomic E-state index is -0.805. The van der Waals surface area contributed by atoms with Crippen molar-refractivity contribution in [3.63, 3.8) is 0 Å². The van der Waals surface area contributed by atoms with Crippen LogP contribution in [0.1, 0.15) is 24.0 Å². The number of fused-ring (bicyclic) bond motifs is 1. The number of anilines is 1. The van der Waals surface area contributed by atoms with E-state index in [1.807, 2.05) is 0 Å². The van der Waals surface area contributed by atoms with Gasteiger partial charge in [-0.3, -0.25) is 14.6 Å². The van der Waals surface area contributed by atoms with E-state index < -0.39 is 17.8 Å². The molecule has 1 aliphatic heterocycles. The van der Waals surface area contributed by atoms with Crippen molar-refractivity contribution in [2.45, 2.75) is 18.9 Å². The van der Waals surface area contributed by atoms with Gasteiger partial charge in [-0.1, -0.05) is 30.3 Å². The lowest BCUT2D eigenvalue weighted by Crippen LogP contribution is -2.26. The molecule has 1 aliphatic rings. The highest BCUT2D eigenvalue weighted by Crippen LogP contribution is 2.26. The topological polar surface area (TPSA) is 67.8 Å². The van der Waals surface area contributed by atoms with Gasteiger partial charge in [-0.05, 0) is 24.6 Å². The number of nitrogens with one attached hydrogen (secondary N) is 1. The van der Waals surface area contributed by atoms with Gasteiger partial charge in [0, 0.05) is 17.5 Å². The summed E-state index contributed by atoms with van der Waals surface area (Å²) in [6.07, 6.45) is 0.240. The molecule has 0 aliphatic carbocycles. The Morgan fingerprint density at radius 1 is 1.16 bits per heavy atom. The van der Waals surface area contributed by atoms with E-state index in [9.17, 15) is 14.0 Å². The van der Waals surface area contributed by atoms with Crippen molar-refractivity contribution in [3.8, 4) is 0 Å². The van der Waals surface area contributed by atoms with Crippen molar-refractivity contribution < 1.29 is 18.7 Å². The monoisotopic (exact) mass is 340 g/mol. The standard InChI is InChI=1S/C19H17FN2O3/c1-25-17(23)11-10-16-19(24)22-15-9-5-3-7-13(15)18(21-16)12-6-2-4-8-14(12)20/h2-9,16H,10-11H2,1H3,(H,22,24)/t16-/m0/s1. The predicted molar refractivity (Wildman–Crippen MR) is 92.1 cm³/mol. The number of carbonyl (C=O) groups is 2. The van der Waals surface area contributed by atoms with Crippen molar-refractivity contribution in [1.29, 1.82) is 0 Å². The zero-order valence-corrected chi connectivity index (χ0v) is 13.7. The second kappa shape index (κ2) is 7.25. The second-order valence-corrected chi connectivity index (χ2v) is 5.62. The van der Waals surface area contributed by atoms with E-state index in [-0.39, 0.29) is 18.7 Å². The van der Waals surface area contributed by atoms with Gasteiger partial charge in [-0.25, -0.2) is 4.39 Å². The Balaban J connectivity index is 2.07. The fourth-order valence-corrected chi connectivity index (χ4v) is 2.72. The van der Waals surface area contributed by atoms with Gasteiger partial charge in [-0.2, -0.15) is 0 Å². The smallest absolute Gasteiger partial charge is 0.305 e. The third-order valence-corrected chi connectivity index (χ3v) is 4.01. The number of rotatable bonds is 4. The van der Waals surface area contributed by atoms with E-state index in [2.05, 4.69) is 15.0 Å². The van der Waals surface area contributed by atoms with Crippen LogP contribution in [0.4, 0.5) is 10.1 Å². The van der Waals surface area contributed by atoms with Gasteiger partial charge in [0.25, 0.3) is 0 Å². The molecule has 1 N–H and O–H groups in total. The van der Waals surface area contributed by atoms with Gasteiger partial charge >= 0.3 is 5.97 Å². The molecule has 2 aromatic carbocycles. The van der Waals surface area contributed by atoms with Crippen LogP contribution in [0, 0.1) is 5.82 Å². The first kappa shape index (κ1) is 16.8. The highest BCUT2D eigenvalue weighted by molar-refractivity contribution is 6.19. The number of para-hydroxylation sites is 1. The van der Waals surface area contributed by atoms with Crippen LogP contribution in [0.5, 0.6) is 0 Å². The Labute approximate surface area is 144 Å². The van der Waals surface area contributed by atoms with Crippen molar-refractivity contribution in [1.82, 2.24) is 0 Å². The molecule has 25 heavy (non-hydrogen) atoms. The minimum Gasteiger partial charge on any atom is -0.469 e. The van der Waals surface area contributed by atoms with Crippen molar-refractivity contribution in [2.75, 3.05) is 12.4 Å². The average molecular weight is 340 g/mol. The second-order valence-electron chi connectivity index (χ2n) is 5.62. The Bertz CT molecular complexity index is 848. The van der Waals surface area contributed by atoms with E-state index in [0.29, 0.717) is 22.5 Å². The Kier molecular flexibility index (Phi) is 4.88. The molecule has 0 fully saturated rings. The molecule has 128 valence electrons. The Morgan fingerprint density at radius 3 is 2.56 bits per heavy atom. The van der Waals surface area contributed by atoms with Gasteiger partial charge in [0.2, 0.25) is 5.91 Å². The molecule has 1 amide bonds. The molecule has 0 radical (unpaired) electrons. The summed E-state index contributed by atoms with van der Waals surface area (Å²) in [5.41, 5.74) is 1.91. The number of amides is 1. The van der Waals surface area contributed by atoms with E-state index in [4.69, 9.17) is 0 Å². The van der Waals surface area contributed by atoms with Crippen molar-refractivity contribution in [2.24, 2.45) is 4.99 Å². The number of hydrogen-bond acceptors (Lipinski definition) is 4. The molecule has 6 heteroatoms. The first-order chi connectivity index (χ1) is 12.1. The van der Waals surface area contributed by atoms with Gasteiger partial charge in [0.1, 0.15) is 11.9 Å². The lowest BCUT2D eigenvalue weighted by atomic mass is 10.00. The molecule has 0 spiro atoms. The normalized spacial score (nSPS) is 16.3. The molecule has 5 nitrogen and oxygen atoms in total. The minimum absolute atomic E-state index is 0.0545. The summed E-state index contributed by atoms with van der Waals surface area (Å²) in [7, 11) is 1.29. The maximum atomic E-state index is 14.3. The number of hydrogen-bond donors (Lipinski definition) is 1. The van der Waals surface area contributed by atoms with E-state index in [1.54, 1.807) is 42.5 Å². The first-order valence-electron chi connectivity index (χ1n) is 7.90. The zero-order chi connectivity index (χ0) is 17.8. The summed E-state index contributed by atoms with van der Waals surface area (Å²) in [5.74, 6) is -1.17. The Hall–Kier alpha value is -3.02. The summed E-state index contributed by atoms with van der Waals surface area (Å²) < 4.78 is 19.0. The van der Waals surface area contributed by atoms with Gasteiger partial charge in [0.15, 0.2) is 0 Å². The number of esters is 1. The first-order valence-corrected chi connectivity index (χ1v) is 7.90. The fourth-order valence-electron chi connectivity index (χ4n) is 2.72. The number of carbonyl (C=O) groups excluding carboxylic acids is 2. The number of nitrogens with zero attached hydrogens (tertiary/aromatic N) is 1. The Morgan fingerprint density at radius 2 is 1.84 bits per heavy atom. The zero-order valence-electron chi connectivity index (χ0n) is 13.7. The SMILES string of the molecule is COC(=O)CC[C@@H]1N=C(c2ccccc2F)c2ccccc2NC1=O. The molecule has 0 aromatic heterocycles. The molecule has 0 bridgehead atoms. The third kappa shape index (κ3) is 3.57. The van der Waals surface area contributed by atoms with Crippen LogP contribution in [0.15, 0.2) is 53.5 Å². The van der Waals surface area contributed by atoms with Crippen LogP contribution in [-0.2, 0) is 14.3 Å². The fraction of sp³-hybridized carbons (Fsp3) is 0.211. The molecule has 0 saturated heterocycles. The predicted octanol–water partition coefficient (Wildman–Crippen LogP) is 2.94. The summed E-state index contributed by atoms with van der Waals surface area (Å²) >= 11 is 0. The van der Waals surface area contributed by atoms with Gasteiger partial charge in [-0.15, -0.1) is 0 Å². The van der Waals surface area contributed by atoms with E-state index in [0.717, 1.165) is 0 Å². The molecule has 3 rings (SSSR count). The summed E-state index contributed by atoms with van der Waals surface area (Å²) in [6, 6.07) is 12.6. The largest absolute Gasteiger partial charge is 0.469 e. The van der Waals surface area contributed by atoms with Crippen LogP contribution in [0.25, 0.3) is 0 Å². The number of methoxy groups -OCH3 is 1. The molecule has 1 atom stereocenters. The summed E-state index contributed by atoms with van der Waals surface area (Å²) in [5, 5.41) is 2.81. The maximum absolute atomic E-state index is 14.3. The lowest BCUT2D eigenvalue weighted by Gasteiger charge is -2.11. The summed E-state index contributed by atoms with van der Waals surface area (Å²) in [6.45, 7) is 0. The van der Waals surface area contributed by atoms with Crippen molar-refractivity contribution in [3.05, 3.63) is 65.5 Å². The van der Waals surface area contributed by atoms with E-state index in [1.165, 1.54) is 13.2 Å². The highest BCUT2D eigenvalue weighted by atomic mass is 19.1. The number of halogens is 1. The van der Waals surface area contributed by atoms with Gasteiger partial charge < -0.3 is 10.1 Å². The number of benzodiazepines with no additional fused rings is 1. The molecular formula is C19H17FN2O3. The van der Waals surface area contributed by atoms with Crippen molar-refractivity contribution >= 4 is 23.3 Å². The van der Waals surface area contributed by atoms with Crippen LogP contribution in [0.3, 0.4) is 0 Å². The molecule has 0 unspecified atom stereocenters. The number of ether oxygens (including phenoxy) is 1. The van der Waals surface area contributed by atoms with E-state index >= 15 is 0 Å². The highest BCUT2D eigenvalue weighted by Gasteiger charge is 2.27. The molecular weight excluding hydrogens is 323 g/mol. The number of benzene rings is 2. The summed E-state index contributed by atoms with van der Waals surface area (Å²) in [4.78, 5) is 28.4. The maximum Gasteiger partial charge on any atom is 0.305 e. The van der Waals surface area contributed by atoms with Crippen LogP contribution < -0.4 is 5.32 Å². The quantitative estimate of drug-likeness (QED) is 0.870. The van der Waals surface area contributed by atoms with Crippen LogP contribution in [-0.4, -0.2) is 30.7 Å². The molecule has 2 aromatic rings.